The first-order chi connectivity index (χ1) is 8.35. The summed E-state index contributed by atoms with van der Waals surface area (Å²) in [6.45, 7) is 1.53. The molecule has 1 aromatic carbocycles. The lowest BCUT2D eigenvalue weighted by Gasteiger charge is -2.13. The molecule has 2 aromatic rings. The average Bonchev–Trinajstić information content (AvgIpc) is 2.78. The largest absolute Gasteiger partial charge is 0.355 e. The zero-order valence-corrected chi connectivity index (χ0v) is 10.9. The van der Waals surface area contributed by atoms with Gasteiger partial charge in [0.15, 0.2) is 6.29 Å². The smallest absolute Gasteiger partial charge is 0.169 e. The van der Waals surface area contributed by atoms with E-state index in [1.54, 1.807) is 25.6 Å². The van der Waals surface area contributed by atoms with E-state index in [0.29, 0.717) is 6.54 Å². The van der Waals surface area contributed by atoms with Gasteiger partial charge in [0.1, 0.15) is 0 Å². The Hall–Kier alpha value is -0.940. The summed E-state index contributed by atoms with van der Waals surface area (Å²) in [6, 6.07) is 8.46. The quantitative estimate of drug-likeness (QED) is 0.801. The van der Waals surface area contributed by atoms with Crippen LogP contribution in [0.3, 0.4) is 0 Å². The van der Waals surface area contributed by atoms with Crippen molar-refractivity contribution < 1.29 is 9.47 Å². The summed E-state index contributed by atoms with van der Waals surface area (Å²) in [6.07, 6.45) is -0.181. The van der Waals surface area contributed by atoms with Gasteiger partial charge in [0.25, 0.3) is 0 Å². The zero-order valence-electron chi connectivity index (χ0n) is 10.1. The van der Waals surface area contributed by atoms with Crippen LogP contribution in [0.5, 0.6) is 0 Å². The Bertz CT molecular complexity index is 465. The highest BCUT2D eigenvalue weighted by Crippen LogP contribution is 2.25. The number of nitrogens with one attached hydrogen (secondary N) is 1. The Morgan fingerprint density at radius 3 is 2.76 bits per heavy atom. The minimum absolute atomic E-state index is 0.181. The van der Waals surface area contributed by atoms with Crippen LogP contribution in [0.25, 0.3) is 10.1 Å². The van der Waals surface area contributed by atoms with E-state index in [4.69, 9.17) is 9.47 Å². The van der Waals surface area contributed by atoms with Crippen molar-refractivity contribution in [1.29, 1.82) is 0 Å². The summed E-state index contributed by atoms with van der Waals surface area (Å²) in [5, 5.41) is 6.87. The molecule has 0 saturated heterocycles. The van der Waals surface area contributed by atoms with Crippen LogP contribution in [0, 0.1) is 0 Å². The first-order valence-electron chi connectivity index (χ1n) is 5.56. The predicted octanol–water partition coefficient (Wildman–Crippen LogP) is 2.61. The average molecular weight is 251 g/mol. The number of benzene rings is 1. The fraction of sp³-hybridized carbons (Fsp3) is 0.385. The van der Waals surface area contributed by atoms with Gasteiger partial charge in [-0.1, -0.05) is 18.2 Å². The number of rotatable bonds is 6. The van der Waals surface area contributed by atoms with Gasteiger partial charge in [0.2, 0.25) is 0 Å². The minimum Gasteiger partial charge on any atom is -0.355 e. The second kappa shape index (κ2) is 6.12. The molecule has 0 unspecified atom stereocenters. The van der Waals surface area contributed by atoms with Crippen molar-refractivity contribution in [2.45, 2.75) is 12.8 Å². The van der Waals surface area contributed by atoms with Crippen molar-refractivity contribution in [3.05, 3.63) is 35.2 Å². The molecule has 0 fully saturated rings. The predicted molar refractivity (Wildman–Crippen MR) is 71.3 cm³/mol. The number of thiophene rings is 1. The van der Waals surface area contributed by atoms with Gasteiger partial charge in [-0.25, -0.2) is 0 Å². The maximum Gasteiger partial charge on any atom is 0.169 e. The molecule has 2 rings (SSSR count). The van der Waals surface area contributed by atoms with Gasteiger partial charge in [-0.3, -0.25) is 0 Å². The first kappa shape index (κ1) is 12.5. The second-order valence-corrected chi connectivity index (χ2v) is 4.70. The lowest BCUT2D eigenvalue weighted by Crippen LogP contribution is -2.29. The lowest BCUT2D eigenvalue weighted by molar-refractivity contribution is -0.0988. The molecule has 1 aromatic heterocycles. The Labute approximate surface area is 105 Å². The van der Waals surface area contributed by atoms with E-state index in [1.165, 1.54) is 15.6 Å². The maximum absolute atomic E-state index is 5.12. The van der Waals surface area contributed by atoms with Crippen LogP contribution < -0.4 is 5.32 Å². The van der Waals surface area contributed by atoms with Crippen molar-refractivity contribution in [1.82, 2.24) is 5.32 Å². The molecule has 0 aliphatic heterocycles. The van der Waals surface area contributed by atoms with Crippen molar-refractivity contribution in [3.8, 4) is 0 Å². The second-order valence-electron chi connectivity index (χ2n) is 3.79. The molecule has 0 atom stereocenters. The van der Waals surface area contributed by atoms with Crippen molar-refractivity contribution >= 4 is 21.4 Å². The van der Waals surface area contributed by atoms with Gasteiger partial charge in [0.05, 0.1) is 0 Å². The van der Waals surface area contributed by atoms with Crippen molar-refractivity contribution in [3.63, 3.8) is 0 Å². The standard InChI is InChI=1S/C13H17NO2S/c1-15-13(16-2)8-14-7-10-9-17-12-6-4-3-5-11(10)12/h3-6,9,13-14H,7-8H2,1-2H3. The van der Waals surface area contributed by atoms with E-state index in [1.807, 2.05) is 0 Å². The van der Waals surface area contributed by atoms with Crippen molar-refractivity contribution in [2.75, 3.05) is 20.8 Å². The molecule has 0 amide bonds. The highest BCUT2D eigenvalue weighted by atomic mass is 32.1. The summed E-state index contributed by atoms with van der Waals surface area (Å²) >= 11 is 1.78. The molecule has 17 heavy (non-hydrogen) atoms. The SMILES string of the molecule is COC(CNCc1csc2ccccc12)OC. The van der Waals surface area contributed by atoms with E-state index in [-0.39, 0.29) is 6.29 Å². The number of ether oxygens (including phenoxy) is 2. The molecule has 0 radical (unpaired) electrons. The van der Waals surface area contributed by atoms with Crippen LogP contribution in [-0.4, -0.2) is 27.1 Å². The molecule has 4 heteroatoms. The fourth-order valence-electron chi connectivity index (χ4n) is 1.76. The highest BCUT2D eigenvalue weighted by Gasteiger charge is 2.06. The summed E-state index contributed by atoms with van der Waals surface area (Å²) in [5.74, 6) is 0. The van der Waals surface area contributed by atoms with E-state index in [9.17, 15) is 0 Å². The zero-order chi connectivity index (χ0) is 12.1. The number of fused-ring (bicyclic) bond motifs is 1. The lowest BCUT2D eigenvalue weighted by atomic mass is 10.2. The van der Waals surface area contributed by atoms with Crippen LogP contribution in [0.4, 0.5) is 0 Å². The topological polar surface area (TPSA) is 30.5 Å². The van der Waals surface area contributed by atoms with Crippen molar-refractivity contribution in [2.24, 2.45) is 0 Å². The molecule has 0 saturated carbocycles. The third-order valence-corrected chi connectivity index (χ3v) is 3.73. The molecule has 0 bridgehead atoms. The van der Waals surface area contributed by atoms with Gasteiger partial charge in [-0.15, -0.1) is 11.3 Å². The van der Waals surface area contributed by atoms with Crippen LogP contribution >= 0.6 is 11.3 Å². The first-order valence-corrected chi connectivity index (χ1v) is 6.44. The number of methoxy groups -OCH3 is 2. The number of hydrogen-bond acceptors (Lipinski definition) is 4. The summed E-state index contributed by atoms with van der Waals surface area (Å²) in [5.41, 5.74) is 1.33. The summed E-state index contributed by atoms with van der Waals surface area (Å²) in [4.78, 5) is 0. The Morgan fingerprint density at radius 2 is 2.00 bits per heavy atom. The molecule has 92 valence electrons. The molecular formula is C13H17NO2S. The van der Waals surface area contributed by atoms with Crippen LogP contribution in [-0.2, 0) is 16.0 Å². The van der Waals surface area contributed by atoms with E-state index in [2.05, 4.69) is 35.0 Å². The summed E-state index contributed by atoms with van der Waals surface area (Å²) in [7, 11) is 3.30. The normalized spacial score (nSPS) is 11.5. The van der Waals surface area contributed by atoms with Gasteiger partial charge >= 0.3 is 0 Å². The maximum atomic E-state index is 5.12. The Kier molecular flexibility index (Phi) is 4.50. The molecular weight excluding hydrogens is 234 g/mol. The molecule has 0 spiro atoms. The van der Waals surface area contributed by atoms with Crippen LogP contribution in [0.1, 0.15) is 5.56 Å². The third-order valence-electron chi connectivity index (χ3n) is 2.71. The third kappa shape index (κ3) is 3.04. The number of hydrogen-bond donors (Lipinski definition) is 1. The fourth-order valence-corrected chi connectivity index (χ4v) is 2.72. The molecule has 1 heterocycles. The van der Waals surface area contributed by atoms with E-state index >= 15 is 0 Å². The van der Waals surface area contributed by atoms with Gasteiger partial charge in [0, 0.05) is 32.0 Å². The van der Waals surface area contributed by atoms with Gasteiger partial charge in [-0.05, 0) is 22.4 Å². The highest BCUT2D eigenvalue weighted by molar-refractivity contribution is 7.17. The minimum atomic E-state index is -0.181. The van der Waals surface area contributed by atoms with Gasteiger partial charge < -0.3 is 14.8 Å². The Balaban J connectivity index is 1.95. The molecule has 0 aliphatic carbocycles. The molecule has 1 N–H and O–H groups in total. The molecule has 3 nitrogen and oxygen atoms in total. The van der Waals surface area contributed by atoms with Crippen LogP contribution in [0.2, 0.25) is 0 Å². The monoisotopic (exact) mass is 251 g/mol. The van der Waals surface area contributed by atoms with E-state index < -0.39 is 0 Å². The summed E-state index contributed by atoms with van der Waals surface area (Å²) < 4.78 is 11.6. The Morgan fingerprint density at radius 1 is 1.24 bits per heavy atom. The van der Waals surface area contributed by atoms with Crippen LogP contribution in [0.15, 0.2) is 29.6 Å². The van der Waals surface area contributed by atoms with E-state index in [0.717, 1.165) is 6.54 Å². The molecule has 0 aliphatic rings. The van der Waals surface area contributed by atoms with Gasteiger partial charge in [-0.2, -0.15) is 0 Å².